The van der Waals surface area contributed by atoms with Crippen LogP contribution in [-0.2, 0) is 11.3 Å². The quantitative estimate of drug-likeness (QED) is 0.708. The highest BCUT2D eigenvalue weighted by atomic mass is 16.5. The molecule has 0 atom stereocenters. The van der Waals surface area contributed by atoms with E-state index >= 15 is 0 Å². The minimum absolute atomic E-state index is 0.149. The van der Waals surface area contributed by atoms with Crippen molar-refractivity contribution in [1.29, 1.82) is 0 Å². The summed E-state index contributed by atoms with van der Waals surface area (Å²) in [7, 11) is 0. The van der Waals surface area contributed by atoms with Gasteiger partial charge < -0.3 is 19.0 Å². The Balaban J connectivity index is 1.70. The first-order valence-corrected chi connectivity index (χ1v) is 9.12. The van der Waals surface area contributed by atoms with Gasteiger partial charge in [-0.1, -0.05) is 13.0 Å². The Hall–Kier alpha value is -2.71. The monoisotopic (exact) mass is 370 g/mol. The van der Waals surface area contributed by atoms with E-state index in [1.807, 2.05) is 13.0 Å². The summed E-state index contributed by atoms with van der Waals surface area (Å²) in [5, 5.41) is 9.71. The molecule has 1 aromatic carbocycles. The number of fused-ring (bicyclic) bond motifs is 1. The van der Waals surface area contributed by atoms with Crippen LogP contribution in [0.3, 0.4) is 0 Å². The number of phenols is 1. The van der Waals surface area contributed by atoms with Gasteiger partial charge in [-0.2, -0.15) is 9.97 Å². The predicted molar refractivity (Wildman–Crippen MR) is 98.6 cm³/mol. The van der Waals surface area contributed by atoms with Gasteiger partial charge >= 0.3 is 0 Å². The minimum atomic E-state index is 0.149. The van der Waals surface area contributed by atoms with E-state index in [2.05, 4.69) is 19.9 Å². The van der Waals surface area contributed by atoms with E-state index in [0.717, 1.165) is 19.5 Å². The number of oxazole rings is 1. The van der Waals surface area contributed by atoms with Crippen LogP contribution in [0, 0.1) is 0 Å². The van der Waals surface area contributed by atoms with Gasteiger partial charge in [-0.15, -0.1) is 0 Å². The molecule has 27 heavy (non-hydrogen) atoms. The largest absolute Gasteiger partial charge is 0.508 e. The molecule has 0 unspecified atom stereocenters. The Morgan fingerprint density at radius 2 is 2.04 bits per heavy atom. The van der Waals surface area contributed by atoms with Crippen molar-refractivity contribution in [3.63, 3.8) is 0 Å². The normalized spacial score (nSPS) is 15.3. The second kappa shape index (κ2) is 7.89. The molecule has 1 N–H and O–H groups in total. The Bertz CT molecular complexity index is 921. The third-order valence-corrected chi connectivity index (χ3v) is 4.28. The molecule has 0 aliphatic carbocycles. The van der Waals surface area contributed by atoms with Crippen LogP contribution in [0.5, 0.6) is 11.6 Å². The summed E-state index contributed by atoms with van der Waals surface area (Å²) in [5.74, 6) is 1.59. The molecule has 0 radical (unpaired) electrons. The van der Waals surface area contributed by atoms with Crippen LogP contribution in [0.2, 0.25) is 0 Å². The zero-order valence-electron chi connectivity index (χ0n) is 15.2. The van der Waals surface area contributed by atoms with E-state index in [1.54, 1.807) is 18.2 Å². The van der Waals surface area contributed by atoms with Crippen molar-refractivity contribution in [2.24, 2.45) is 0 Å². The number of hydrogen-bond donors (Lipinski definition) is 1. The van der Waals surface area contributed by atoms with Crippen LogP contribution in [0.4, 0.5) is 0 Å². The van der Waals surface area contributed by atoms with Crippen LogP contribution in [0.1, 0.15) is 19.2 Å². The van der Waals surface area contributed by atoms with Crippen LogP contribution in [0.15, 0.2) is 28.7 Å². The molecule has 1 saturated heterocycles. The number of rotatable bonds is 6. The van der Waals surface area contributed by atoms with Gasteiger partial charge in [-0.3, -0.25) is 4.90 Å². The molecular weight excluding hydrogens is 348 g/mol. The van der Waals surface area contributed by atoms with Gasteiger partial charge in [0, 0.05) is 18.7 Å². The van der Waals surface area contributed by atoms with Gasteiger partial charge in [0.05, 0.1) is 26.4 Å². The molecule has 1 aliphatic heterocycles. The van der Waals surface area contributed by atoms with Gasteiger partial charge in [0.25, 0.3) is 5.71 Å². The van der Waals surface area contributed by atoms with Gasteiger partial charge in [-0.05, 0) is 24.6 Å². The Morgan fingerprint density at radius 1 is 1.19 bits per heavy atom. The van der Waals surface area contributed by atoms with Crippen LogP contribution in [0.25, 0.3) is 22.7 Å². The maximum atomic E-state index is 9.71. The fourth-order valence-corrected chi connectivity index (χ4v) is 2.93. The van der Waals surface area contributed by atoms with Gasteiger partial charge in [0.15, 0.2) is 11.3 Å². The third kappa shape index (κ3) is 4.01. The van der Waals surface area contributed by atoms with E-state index in [4.69, 9.17) is 13.9 Å². The molecular formula is C19H22N4O4. The Morgan fingerprint density at radius 3 is 2.81 bits per heavy atom. The van der Waals surface area contributed by atoms with E-state index in [1.165, 1.54) is 0 Å². The highest BCUT2D eigenvalue weighted by Crippen LogP contribution is 2.29. The minimum Gasteiger partial charge on any atom is -0.508 e. The molecule has 4 rings (SSSR count). The molecule has 8 heteroatoms. The lowest BCUT2D eigenvalue weighted by Gasteiger charge is -2.25. The lowest BCUT2D eigenvalue weighted by atomic mass is 10.2. The number of ether oxygens (including phenoxy) is 2. The lowest BCUT2D eigenvalue weighted by Crippen LogP contribution is -2.36. The van der Waals surface area contributed by atoms with Crippen molar-refractivity contribution in [3.8, 4) is 23.1 Å². The van der Waals surface area contributed by atoms with Crippen molar-refractivity contribution in [3.05, 3.63) is 30.1 Å². The van der Waals surface area contributed by atoms with E-state index in [-0.39, 0.29) is 5.75 Å². The number of hydrogen-bond acceptors (Lipinski definition) is 8. The first-order valence-electron chi connectivity index (χ1n) is 9.12. The number of nitrogens with zero attached hydrogens (tertiary/aromatic N) is 4. The summed E-state index contributed by atoms with van der Waals surface area (Å²) in [6.45, 7) is 6.29. The zero-order valence-corrected chi connectivity index (χ0v) is 15.2. The fourth-order valence-electron chi connectivity index (χ4n) is 2.93. The third-order valence-electron chi connectivity index (χ3n) is 4.28. The van der Waals surface area contributed by atoms with Crippen molar-refractivity contribution in [1.82, 2.24) is 19.9 Å². The number of aromatic nitrogens is 3. The van der Waals surface area contributed by atoms with Crippen LogP contribution >= 0.6 is 0 Å². The topological polar surface area (TPSA) is 93.7 Å². The second-order valence-electron chi connectivity index (χ2n) is 6.41. The summed E-state index contributed by atoms with van der Waals surface area (Å²) in [5.41, 5.74) is 1.55. The SMILES string of the molecule is CCCOc1nc(CN2CCOCC2)nc2oc(-c3cccc(O)c3)nc12. The molecule has 3 heterocycles. The molecule has 0 saturated carbocycles. The molecule has 2 aromatic heterocycles. The van der Waals surface area contributed by atoms with Crippen molar-refractivity contribution in [2.45, 2.75) is 19.9 Å². The molecule has 1 aliphatic rings. The van der Waals surface area contributed by atoms with E-state index in [0.29, 0.717) is 60.8 Å². The second-order valence-corrected chi connectivity index (χ2v) is 6.41. The smallest absolute Gasteiger partial charge is 0.254 e. The highest BCUT2D eigenvalue weighted by Gasteiger charge is 2.19. The highest BCUT2D eigenvalue weighted by molar-refractivity contribution is 5.77. The lowest BCUT2D eigenvalue weighted by molar-refractivity contribution is 0.0330. The van der Waals surface area contributed by atoms with Crippen LogP contribution < -0.4 is 4.74 Å². The Labute approximate surface area is 156 Å². The molecule has 8 nitrogen and oxygen atoms in total. The first kappa shape index (κ1) is 17.7. The number of benzene rings is 1. The molecule has 142 valence electrons. The Kier molecular flexibility index (Phi) is 5.17. The van der Waals surface area contributed by atoms with Crippen molar-refractivity contribution in [2.75, 3.05) is 32.9 Å². The summed E-state index contributed by atoms with van der Waals surface area (Å²) >= 11 is 0. The average molecular weight is 370 g/mol. The van der Waals surface area contributed by atoms with Crippen molar-refractivity contribution < 1.29 is 19.0 Å². The fraction of sp³-hybridized carbons (Fsp3) is 0.421. The predicted octanol–water partition coefficient (Wildman–Crippen LogP) is 2.61. The number of aromatic hydroxyl groups is 1. The summed E-state index contributed by atoms with van der Waals surface area (Å²) in [4.78, 5) is 15.9. The molecule has 1 fully saturated rings. The number of morpholine rings is 1. The van der Waals surface area contributed by atoms with Gasteiger partial charge in [0.1, 0.15) is 5.75 Å². The molecule has 0 amide bonds. The molecule has 0 spiro atoms. The van der Waals surface area contributed by atoms with Crippen molar-refractivity contribution >= 4 is 11.2 Å². The summed E-state index contributed by atoms with van der Waals surface area (Å²) in [6, 6.07) is 6.75. The maximum Gasteiger partial charge on any atom is 0.254 e. The first-order chi connectivity index (χ1) is 13.2. The standard InChI is InChI=1S/C19H22N4O4/c1-2-8-26-18-16-19(21-15(20-18)12-23-6-9-25-10-7-23)27-17(22-16)13-4-3-5-14(24)11-13/h3-5,11,24H,2,6-10,12H2,1H3. The maximum absolute atomic E-state index is 9.71. The molecule has 3 aromatic rings. The summed E-state index contributed by atoms with van der Waals surface area (Å²) in [6.07, 6.45) is 0.863. The molecule has 0 bridgehead atoms. The van der Waals surface area contributed by atoms with E-state index < -0.39 is 0 Å². The van der Waals surface area contributed by atoms with Gasteiger partial charge in [-0.25, -0.2) is 4.98 Å². The van der Waals surface area contributed by atoms with Crippen LogP contribution in [-0.4, -0.2) is 57.9 Å². The number of phenolic OH excluding ortho intramolecular Hbond substituents is 1. The zero-order chi connectivity index (χ0) is 18.6. The summed E-state index contributed by atoms with van der Waals surface area (Å²) < 4.78 is 17.1. The average Bonchev–Trinajstić information content (AvgIpc) is 3.11. The van der Waals surface area contributed by atoms with Gasteiger partial charge in [0.2, 0.25) is 11.8 Å². The van der Waals surface area contributed by atoms with E-state index in [9.17, 15) is 5.11 Å².